The highest BCUT2D eigenvalue weighted by Crippen LogP contribution is 2.28. The number of carbonyl (C=O) groups excluding carboxylic acids is 1. The smallest absolute Gasteiger partial charge is 0.475 e. The topological polar surface area (TPSA) is 96.7 Å². The van der Waals surface area contributed by atoms with Crippen LogP contribution in [0.3, 0.4) is 0 Å². The average Bonchev–Trinajstić information content (AvgIpc) is 3.20. The number of halogens is 3. The van der Waals surface area contributed by atoms with Gasteiger partial charge in [0.2, 0.25) is 0 Å². The van der Waals surface area contributed by atoms with Crippen molar-refractivity contribution in [1.29, 1.82) is 0 Å². The number of piperidine rings is 1. The Bertz CT molecular complexity index is 1180. The number of nitrogens with one attached hydrogen (secondary N) is 1. The van der Waals surface area contributed by atoms with Gasteiger partial charge in [-0.1, -0.05) is 24.3 Å². The van der Waals surface area contributed by atoms with Crippen molar-refractivity contribution in [3.63, 3.8) is 0 Å². The maximum absolute atomic E-state index is 13.2. The molecular formula is C24H25F3N4O4. The van der Waals surface area contributed by atoms with Crippen LogP contribution < -0.4 is 5.32 Å². The van der Waals surface area contributed by atoms with Crippen molar-refractivity contribution in [3.05, 3.63) is 60.4 Å². The molecule has 35 heavy (non-hydrogen) atoms. The lowest BCUT2D eigenvalue weighted by Gasteiger charge is -2.46. The van der Waals surface area contributed by atoms with Crippen molar-refractivity contribution in [2.24, 2.45) is 0 Å². The van der Waals surface area contributed by atoms with Crippen LogP contribution in [0.2, 0.25) is 0 Å². The lowest BCUT2D eigenvalue weighted by atomic mass is 9.90. The molecule has 0 radical (unpaired) electrons. The number of benzene rings is 1. The van der Waals surface area contributed by atoms with Gasteiger partial charge in [-0.3, -0.25) is 9.69 Å². The van der Waals surface area contributed by atoms with Crippen LogP contribution in [0, 0.1) is 0 Å². The second-order valence-corrected chi connectivity index (χ2v) is 8.57. The van der Waals surface area contributed by atoms with E-state index in [1.165, 1.54) is 0 Å². The molecule has 0 spiro atoms. The number of amides is 1. The molecule has 2 N–H and O–H groups in total. The van der Waals surface area contributed by atoms with Crippen molar-refractivity contribution in [2.75, 3.05) is 20.3 Å². The van der Waals surface area contributed by atoms with Crippen molar-refractivity contribution < 1.29 is 32.6 Å². The first-order valence-electron chi connectivity index (χ1n) is 11.1. The van der Waals surface area contributed by atoms with E-state index in [0.717, 1.165) is 42.8 Å². The highest BCUT2D eigenvalue weighted by molar-refractivity contribution is 6.07. The van der Waals surface area contributed by atoms with Gasteiger partial charge in [0.25, 0.3) is 5.91 Å². The number of para-hydroxylation sites is 1. The highest BCUT2D eigenvalue weighted by atomic mass is 19.4. The molecular weight excluding hydrogens is 465 g/mol. The second-order valence-electron chi connectivity index (χ2n) is 8.57. The van der Waals surface area contributed by atoms with Gasteiger partial charge in [0.15, 0.2) is 0 Å². The van der Waals surface area contributed by atoms with Gasteiger partial charge in [-0.05, 0) is 38.1 Å². The summed E-state index contributed by atoms with van der Waals surface area (Å²) in [4.78, 5) is 28.9. The third-order valence-electron chi connectivity index (χ3n) is 6.32. The zero-order chi connectivity index (χ0) is 25.2. The van der Waals surface area contributed by atoms with E-state index in [1.54, 1.807) is 6.20 Å². The second kappa shape index (κ2) is 10.0. The van der Waals surface area contributed by atoms with Crippen LogP contribution >= 0.6 is 0 Å². The standard InChI is InChI=1S/C22H24N4O2.C2HF3O2/c1-25-16-10-15(11-17(25)14-28-13-16)24-22(27)19-12-26(21-8-4-5-9-23-21)20-7-3-2-6-18(19)20;3-2(4,5)1(6)7/h2-9,12,15-17H,10-11,13-14H2,1H3,(H,24,27);(H,6,7)/t15?,16-,17+;. The molecule has 1 amide bonds. The van der Waals surface area contributed by atoms with E-state index in [2.05, 4.69) is 22.2 Å². The third kappa shape index (κ3) is 5.46. The van der Waals surface area contributed by atoms with Gasteiger partial charge in [0.05, 0.1) is 24.3 Å². The minimum Gasteiger partial charge on any atom is -0.475 e. The SMILES string of the molecule is CN1[C@@H]2COC[C@H]1CC(NC(=O)c1cn(-c3ccccn3)c3ccccc13)C2.O=C(O)C(F)(F)F. The summed E-state index contributed by atoms with van der Waals surface area (Å²) in [5.41, 5.74) is 1.68. The number of ether oxygens (including phenoxy) is 1. The Labute approximate surface area is 199 Å². The number of aliphatic carboxylic acids is 1. The quantitative estimate of drug-likeness (QED) is 0.585. The average molecular weight is 490 g/mol. The number of fused-ring (bicyclic) bond motifs is 3. The Morgan fingerprint density at radius 1 is 1.09 bits per heavy atom. The van der Waals surface area contributed by atoms with E-state index in [0.29, 0.717) is 17.6 Å². The normalized spacial score (nSPS) is 22.2. The molecule has 2 aliphatic heterocycles. The van der Waals surface area contributed by atoms with Gasteiger partial charge in [0, 0.05) is 35.9 Å². The largest absolute Gasteiger partial charge is 0.490 e. The minimum absolute atomic E-state index is 0.0144. The van der Waals surface area contributed by atoms with Crippen molar-refractivity contribution in [1.82, 2.24) is 19.8 Å². The molecule has 2 saturated heterocycles. The van der Waals surface area contributed by atoms with Gasteiger partial charge >= 0.3 is 12.1 Å². The Morgan fingerprint density at radius 3 is 2.31 bits per heavy atom. The Kier molecular flexibility index (Phi) is 7.08. The molecule has 2 bridgehead atoms. The van der Waals surface area contributed by atoms with Gasteiger partial charge in [-0.2, -0.15) is 13.2 Å². The minimum atomic E-state index is -5.08. The van der Waals surface area contributed by atoms with Gasteiger partial charge < -0.3 is 19.7 Å². The summed E-state index contributed by atoms with van der Waals surface area (Å²) in [6.07, 6.45) is 0.444. The summed E-state index contributed by atoms with van der Waals surface area (Å²) in [5.74, 6) is -1.96. The van der Waals surface area contributed by atoms with Crippen LogP contribution in [-0.4, -0.2) is 76.0 Å². The van der Waals surface area contributed by atoms with E-state index in [9.17, 15) is 18.0 Å². The van der Waals surface area contributed by atoms with Crippen LogP contribution in [0.1, 0.15) is 23.2 Å². The van der Waals surface area contributed by atoms with Crippen LogP contribution in [0.5, 0.6) is 0 Å². The molecule has 8 nitrogen and oxygen atoms in total. The van der Waals surface area contributed by atoms with E-state index >= 15 is 0 Å². The number of morpholine rings is 1. The number of nitrogens with zero attached hydrogens (tertiary/aromatic N) is 3. The molecule has 4 heterocycles. The maximum atomic E-state index is 13.2. The number of hydrogen-bond donors (Lipinski definition) is 2. The number of carbonyl (C=O) groups is 2. The molecule has 1 aromatic carbocycles. The predicted octanol–water partition coefficient (Wildman–Crippen LogP) is 3.25. The first kappa shape index (κ1) is 24.7. The zero-order valence-electron chi connectivity index (χ0n) is 18.9. The molecule has 186 valence electrons. The van der Waals surface area contributed by atoms with Crippen molar-refractivity contribution >= 4 is 22.8 Å². The summed E-state index contributed by atoms with van der Waals surface area (Å²) in [6, 6.07) is 14.7. The molecule has 5 rings (SSSR count). The predicted molar refractivity (Wildman–Crippen MR) is 121 cm³/mol. The lowest BCUT2D eigenvalue weighted by molar-refractivity contribution is -0.192. The molecule has 0 aliphatic carbocycles. The number of hydrogen-bond acceptors (Lipinski definition) is 5. The van der Waals surface area contributed by atoms with E-state index < -0.39 is 12.1 Å². The van der Waals surface area contributed by atoms with Crippen LogP contribution in [-0.2, 0) is 9.53 Å². The zero-order valence-corrected chi connectivity index (χ0v) is 18.9. The number of carboxylic acids is 1. The number of carboxylic acid groups (broad SMARTS) is 1. The fourth-order valence-electron chi connectivity index (χ4n) is 4.52. The summed E-state index contributed by atoms with van der Waals surface area (Å²) < 4.78 is 39.4. The number of rotatable bonds is 3. The molecule has 1 unspecified atom stereocenters. The first-order valence-corrected chi connectivity index (χ1v) is 11.1. The molecule has 2 fully saturated rings. The van der Waals surface area contributed by atoms with Crippen molar-refractivity contribution in [2.45, 2.75) is 37.1 Å². The molecule has 2 aromatic heterocycles. The molecule has 0 saturated carbocycles. The Balaban J connectivity index is 0.000000364. The number of pyridine rings is 1. The highest BCUT2D eigenvalue weighted by Gasteiger charge is 2.38. The number of aromatic nitrogens is 2. The van der Waals surface area contributed by atoms with Crippen molar-refractivity contribution in [3.8, 4) is 5.82 Å². The first-order chi connectivity index (χ1) is 16.6. The number of alkyl halides is 3. The molecule has 11 heteroatoms. The number of likely N-dealkylation sites (N-methyl/N-ethyl adjacent to an activating group) is 1. The summed E-state index contributed by atoms with van der Waals surface area (Å²) in [7, 11) is 2.16. The van der Waals surface area contributed by atoms with E-state index in [-0.39, 0.29) is 11.9 Å². The summed E-state index contributed by atoms with van der Waals surface area (Å²) >= 11 is 0. The van der Waals surface area contributed by atoms with E-state index in [4.69, 9.17) is 14.6 Å². The van der Waals surface area contributed by atoms with Gasteiger partial charge in [-0.15, -0.1) is 0 Å². The van der Waals surface area contributed by atoms with Crippen LogP contribution in [0.4, 0.5) is 13.2 Å². The molecule has 3 aromatic rings. The Morgan fingerprint density at radius 2 is 1.71 bits per heavy atom. The third-order valence-corrected chi connectivity index (χ3v) is 6.32. The van der Waals surface area contributed by atoms with E-state index in [1.807, 2.05) is 53.2 Å². The maximum Gasteiger partial charge on any atom is 0.490 e. The lowest BCUT2D eigenvalue weighted by Crippen LogP contribution is -2.59. The fraction of sp³-hybridized carbons (Fsp3) is 0.375. The molecule has 3 atom stereocenters. The summed E-state index contributed by atoms with van der Waals surface area (Å²) in [6.45, 7) is 1.50. The monoisotopic (exact) mass is 490 g/mol. The van der Waals surface area contributed by atoms with Gasteiger partial charge in [-0.25, -0.2) is 9.78 Å². The van der Waals surface area contributed by atoms with Crippen LogP contribution in [0.15, 0.2) is 54.9 Å². The van der Waals surface area contributed by atoms with Crippen LogP contribution in [0.25, 0.3) is 16.7 Å². The fourth-order valence-corrected chi connectivity index (χ4v) is 4.52. The Hall–Kier alpha value is -3.44. The van der Waals surface area contributed by atoms with Gasteiger partial charge in [0.1, 0.15) is 5.82 Å². The molecule has 2 aliphatic rings. The summed E-state index contributed by atoms with van der Waals surface area (Å²) in [5, 5.41) is 11.4.